The van der Waals surface area contributed by atoms with Crippen LogP contribution < -0.4 is 15.8 Å². The summed E-state index contributed by atoms with van der Waals surface area (Å²) in [5, 5.41) is 3.21. The van der Waals surface area contributed by atoms with Crippen LogP contribution in [-0.2, 0) is 14.8 Å². The SMILES string of the molecule is CC(C)(C)C.CCC.CCC.CCC(C)C.CCC(C)CC.CCC(C)N.CCC(C)N(C)C.CCCC.CCCC.CCCC.CCCC.CCCCC.CCCCC.CCCCCC.CCCCN(C)C.CCCN(C)C.CCCN1CCCC1.CCCN1CCCCC1.CCCN1CCCCC1.CCN(C)C.CCN1CCCC1.CCN1CCCCC1.CCN1CCCCC1.CCNC(C)C.CCNS(C)(=O)=O.CCOC. The third-order valence-corrected chi connectivity index (χ3v) is 24.2. The number of unbranched alkanes of at least 4 members (excludes halogenated alkanes) is 12. The van der Waals surface area contributed by atoms with Gasteiger partial charge in [-0.25, -0.2) is 13.1 Å². The summed E-state index contributed by atoms with van der Waals surface area (Å²) in [5.74, 6) is 1.82. The Hall–Kier alpha value is -0.610. The maximum atomic E-state index is 10.1. The molecule has 6 fully saturated rings. The molecular formula is C133H319N13O3S. The van der Waals surface area contributed by atoms with E-state index < -0.39 is 10.0 Å². The highest BCUT2D eigenvalue weighted by molar-refractivity contribution is 7.88. The van der Waals surface area contributed by atoms with Gasteiger partial charge in [0.25, 0.3) is 0 Å². The van der Waals surface area contributed by atoms with E-state index in [-0.39, 0.29) is 0 Å². The van der Waals surface area contributed by atoms with Crippen LogP contribution >= 0.6 is 0 Å². The molecule has 16 nitrogen and oxygen atoms in total. The largest absolute Gasteiger partial charge is 0.385 e. The molecule has 0 aromatic rings. The Morgan fingerprint density at radius 2 is 0.513 bits per heavy atom. The van der Waals surface area contributed by atoms with Crippen LogP contribution in [0.5, 0.6) is 0 Å². The van der Waals surface area contributed by atoms with Gasteiger partial charge < -0.3 is 64.8 Å². The lowest BCUT2D eigenvalue weighted by molar-refractivity contribution is 0.215. The lowest BCUT2D eigenvalue weighted by atomic mass is 10.0. The molecule has 6 saturated heterocycles. The quantitative estimate of drug-likeness (QED) is 0.0511. The van der Waals surface area contributed by atoms with Crippen LogP contribution in [0, 0.1) is 17.3 Å². The molecule has 0 saturated carbocycles. The smallest absolute Gasteiger partial charge is 0.208 e. The highest BCUT2D eigenvalue weighted by atomic mass is 32.2. The van der Waals surface area contributed by atoms with E-state index in [1.807, 2.05) is 13.8 Å². The Kier molecular flexibility index (Phi) is 248. The van der Waals surface area contributed by atoms with Crippen LogP contribution in [0.2, 0.25) is 0 Å². The number of nitrogens with one attached hydrogen (secondary N) is 2. The molecular weight excluding hydrogens is 1860 g/mol. The number of rotatable bonds is 37. The molecule has 0 aromatic heterocycles. The van der Waals surface area contributed by atoms with E-state index in [0.29, 0.717) is 24.0 Å². The van der Waals surface area contributed by atoms with Crippen molar-refractivity contribution in [2.75, 3.05) is 227 Å². The van der Waals surface area contributed by atoms with Gasteiger partial charge in [0.15, 0.2) is 0 Å². The van der Waals surface area contributed by atoms with Gasteiger partial charge in [0, 0.05) is 38.4 Å². The van der Waals surface area contributed by atoms with Gasteiger partial charge in [0.05, 0.1) is 6.26 Å². The predicted octanol–water partition coefficient (Wildman–Crippen LogP) is 39.1. The third kappa shape index (κ3) is 301. The highest BCUT2D eigenvalue weighted by Gasteiger charge is 2.12. The summed E-state index contributed by atoms with van der Waals surface area (Å²) >= 11 is 0. The van der Waals surface area contributed by atoms with Gasteiger partial charge in [-0.15, -0.1) is 0 Å². The average Bonchev–Trinajstić information content (AvgIpc) is 1.63. The van der Waals surface area contributed by atoms with Crippen molar-refractivity contribution in [3.8, 4) is 0 Å². The van der Waals surface area contributed by atoms with Gasteiger partial charge in [-0.3, -0.25) is 0 Å². The Labute approximate surface area is 964 Å². The fourth-order valence-electron chi connectivity index (χ4n) is 11.4. The molecule has 6 aliphatic heterocycles. The summed E-state index contributed by atoms with van der Waals surface area (Å²) in [7, 11) is 15.5. The number of likely N-dealkylation sites (tertiary alicyclic amines) is 6. The van der Waals surface area contributed by atoms with Gasteiger partial charge in [0.1, 0.15) is 0 Å². The first-order valence-electron chi connectivity index (χ1n) is 65.8. The lowest BCUT2D eigenvalue weighted by Crippen LogP contribution is -2.30. The van der Waals surface area contributed by atoms with Crippen LogP contribution in [-0.4, -0.2) is 302 Å². The van der Waals surface area contributed by atoms with Crippen molar-refractivity contribution < 1.29 is 13.2 Å². The molecule has 4 N–H and O–H groups in total. The molecule has 6 rings (SSSR count). The van der Waals surface area contributed by atoms with E-state index in [9.17, 15) is 8.42 Å². The predicted molar refractivity (Wildman–Crippen MR) is 714 cm³/mol. The summed E-state index contributed by atoms with van der Waals surface area (Å²) < 4.78 is 27.0. The fourth-order valence-corrected chi connectivity index (χ4v) is 11.9. The van der Waals surface area contributed by atoms with Crippen molar-refractivity contribution in [3.05, 3.63) is 0 Å². The summed E-state index contributed by atoms with van der Waals surface area (Å²) in [5.41, 5.74) is 5.79. The summed E-state index contributed by atoms with van der Waals surface area (Å²) in [4.78, 5) is 23.9. The zero-order valence-corrected chi connectivity index (χ0v) is 118. The molecule has 0 radical (unpaired) electrons. The average molecular weight is 2180 g/mol. The Morgan fingerprint density at radius 3 is 0.573 bits per heavy atom. The second-order valence-electron chi connectivity index (χ2n) is 44.6. The second-order valence-corrected chi connectivity index (χ2v) is 46.4. The van der Waals surface area contributed by atoms with E-state index in [0.717, 1.165) is 50.3 Å². The molecule has 0 amide bonds. The number of piperidine rings is 4. The first kappa shape index (κ1) is 196. The van der Waals surface area contributed by atoms with Crippen LogP contribution in [0.4, 0.5) is 0 Å². The summed E-state index contributed by atoms with van der Waals surface area (Å²) in [6.45, 7) is 130. The number of nitrogens with two attached hydrogens (primary N) is 1. The van der Waals surface area contributed by atoms with Crippen molar-refractivity contribution in [1.82, 2.24) is 59.0 Å². The first-order valence-corrected chi connectivity index (χ1v) is 67.7. The van der Waals surface area contributed by atoms with E-state index in [4.69, 9.17) is 5.73 Å². The van der Waals surface area contributed by atoms with Gasteiger partial charge in [-0.2, -0.15) is 0 Å². The maximum Gasteiger partial charge on any atom is 0.208 e. The molecule has 2 atom stereocenters. The van der Waals surface area contributed by atoms with Crippen molar-refractivity contribution in [3.63, 3.8) is 0 Å². The fraction of sp³-hybridized carbons (Fsp3) is 1.00. The van der Waals surface area contributed by atoms with Gasteiger partial charge in [-0.05, 0) is 360 Å². The topological polar surface area (TPSA) is 126 Å². The summed E-state index contributed by atoms with van der Waals surface area (Å²) in [6.07, 6.45) is 65.0. The van der Waals surface area contributed by atoms with E-state index in [1.165, 1.54) is 426 Å². The number of methoxy groups -OCH3 is 1. The normalized spacial score (nSPS) is 14.1. The van der Waals surface area contributed by atoms with Gasteiger partial charge in [0.2, 0.25) is 10.0 Å². The summed E-state index contributed by atoms with van der Waals surface area (Å²) in [6, 6.07) is 1.77. The number of sulfonamides is 1. The maximum absolute atomic E-state index is 10.1. The molecule has 150 heavy (non-hydrogen) atoms. The number of nitrogens with zero attached hydrogens (tertiary/aromatic N) is 10. The minimum absolute atomic E-state index is 0.384. The van der Waals surface area contributed by atoms with E-state index in [2.05, 4.69) is 418 Å². The van der Waals surface area contributed by atoms with E-state index in [1.54, 1.807) is 14.0 Å². The molecule has 940 valence electrons. The molecule has 6 aliphatic rings. The third-order valence-electron chi connectivity index (χ3n) is 23.4. The number of ether oxygens (including phenoxy) is 1. The molecule has 0 aliphatic carbocycles. The van der Waals surface area contributed by atoms with Gasteiger partial charge >= 0.3 is 0 Å². The zero-order valence-electron chi connectivity index (χ0n) is 117. The molecule has 2 unspecified atom stereocenters. The Morgan fingerprint density at radius 1 is 0.300 bits per heavy atom. The van der Waals surface area contributed by atoms with Crippen molar-refractivity contribution in [1.29, 1.82) is 0 Å². The highest BCUT2D eigenvalue weighted by Crippen LogP contribution is 2.13. The van der Waals surface area contributed by atoms with Crippen molar-refractivity contribution in [2.45, 2.75) is 638 Å². The van der Waals surface area contributed by atoms with Gasteiger partial charge in [-0.1, -0.05) is 478 Å². The Balaban J connectivity index is -0.0000000654. The molecule has 0 aromatic carbocycles. The van der Waals surface area contributed by atoms with E-state index >= 15 is 0 Å². The lowest BCUT2D eigenvalue weighted by Gasteiger charge is -2.25. The monoisotopic (exact) mass is 2180 g/mol. The number of hydrogen-bond acceptors (Lipinski definition) is 15. The van der Waals surface area contributed by atoms with Crippen LogP contribution in [0.15, 0.2) is 0 Å². The van der Waals surface area contributed by atoms with Crippen molar-refractivity contribution in [2.24, 2.45) is 23.0 Å². The molecule has 6 heterocycles. The first-order chi connectivity index (χ1) is 70.9. The van der Waals surface area contributed by atoms with Crippen LogP contribution in [0.1, 0.15) is 620 Å². The van der Waals surface area contributed by atoms with Crippen LogP contribution in [0.3, 0.4) is 0 Å². The minimum Gasteiger partial charge on any atom is -0.385 e. The molecule has 0 bridgehead atoms. The van der Waals surface area contributed by atoms with Crippen LogP contribution in [0.25, 0.3) is 0 Å². The van der Waals surface area contributed by atoms with Crippen molar-refractivity contribution >= 4 is 10.0 Å². The number of hydrogen-bond donors (Lipinski definition) is 3. The Bertz CT molecular complexity index is 1870. The minimum atomic E-state index is -2.92. The second kappa shape index (κ2) is 190. The molecule has 0 spiro atoms. The standard InChI is InChI=1S/2C8H17N.3C7H15N.C6H13N.2C6H15N.2C6H14.2C5H13N.4C5H12.2C4H11N.4C4H10.C3H9NO2S.C3H8O.2C3H8/c2*1-2-6-9-7-4-3-5-8-9;2*1-2-8-6-4-3-5-7-8;1-2-5-8-6-3-4-7-8;1-2-7-5-3-4-6-7;1-5-6(2)7(3)4;1-4-5-6-7(2)3;1-4-6(3)5-2;1-3-5-6-4-2;1-4-5-6(2)3;1-4-6-5(2)3;1-5(2,3)4;1-4-5(2)3;2*1-3-5-4-2;1-4-5(2)3;1-3-4(2)5;4*1-3-4-2;1-3-4-7(2,5)6;1-3-4-2;2*1-3-2/h2*2-8H2,1H3;3*2-7H2,1H3;2-6H2,1H3;6H,5H2,1-4H3;4-6H2,1-3H3;6H,4-5H2,1-3H3;3-6H2,1-2H3;4-5H2,1-3H3;5-6H,4H2,1-3H3;1-4H3;5H,4H2,1-3H3;2*3-5H2,1-2H3;4H2,1-3H3;4H,3,5H2,1-2H3;4*3-4H2,1-2H3;4H,3H2,1-2H3;3H2,1-2H3;2*3H2,1-2H3. The zero-order chi connectivity index (χ0) is 121. The molecule has 17 heteroatoms.